The van der Waals surface area contributed by atoms with Crippen molar-refractivity contribution in [3.63, 3.8) is 0 Å². The number of hydrogen-bond donors (Lipinski definition) is 2. The fourth-order valence-electron chi connectivity index (χ4n) is 2.32. The second-order valence-electron chi connectivity index (χ2n) is 6.06. The van der Waals surface area contributed by atoms with Crippen LogP contribution < -0.4 is 5.32 Å². The first-order chi connectivity index (χ1) is 13.4. The second kappa shape index (κ2) is 13.0. The van der Waals surface area contributed by atoms with E-state index < -0.39 is 30.2 Å². The summed E-state index contributed by atoms with van der Waals surface area (Å²) in [4.78, 5) is 47.2. The number of imide groups is 1. The van der Waals surface area contributed by atoms with Gasteiger partial charge in [-0.15, -0.1) is 0 Å². The third kappa shape index (κ3) is 8.59. The van der Waals surface area contributed by atoms with Gasteiger partial charge in [0.2, 0.25) is 5.91 Å². The highest BCUT2D eigenvalue weighted by Crippen LogP contribution is 2.06. The SMILES string of the molecule is CCC(CO)OC(COC(=O)CCCC(=O)NCCN1C(=O)C=CC1=O)OC. The minimum absolute atomic E-state index is 0.0497. The zero-order valence-corrected chi connectivity index (χ0v) is 16.2. The van der Waals surface area contributed by atoms with Gasteiger partial charge in [0.05, 0.1) is 12.7 Å². The second-order valence-corrected chi connectivity index (χ2v) is 6.06. The average Bonchev–Trinajstić information content (AvgIpc) is 3.00. The van der Waals surface area contributed by atoms with E-state index in [-0.39, 0.29) is 45.1 Å². The fraction of sp³-hybridized carbons (Fsp3) is 0.667. The van der Waals surface area contributed by atoms with E-state index in [0.29, 0.717) is 12.8 Å². The Hall–Kier alpha value is -2.30. The van der Waals surface area contributed by atoms with Gasteiger partial charge < -0.3 is 24.6 Å². The van der Waals surface area contributed by atoms with E-state index >= 15 is 0 Å². The Kier molecular flexibility index (Phi) is 11.0. The summed E-state index contributed by atoms with van der Waals surface area (Å²) in [5.74, 6) is -1.57. The molecule has 0 aliphatic carbocycles. The Morgan fingerprint density at radius 1 is 1.21 bits per heavy atom. The number of hydrogen-bond acceptors (Lipinski definition) is 8. The van der Waals surface area contributed by atoms with Gasteiger partial charge in [-0.2, -0.15) is 0 Å². The van der Waals surface area contributed by atoms with Crippen molar-refractivity contribution in [1.82, 2.24) is 10.2 Å². The van der Waals surface area contributed by atoms with E-state index in [1.165, 1.54) is 19.3 Å². The molecule has 1 aliphatic heterocycles. The molecule has 0 fully saturated rings. The van der Waals surface area contributed by atoms with Crippen molar-refractivity contribution in [3.05, 3.63) is 12.2 Å². The first-order valence-corrected chi connectivity index (χ1v) is 9.16. The third-order valence-corrected chi connectivity index (χ3v) is 3.99. The van der Waals surface area contributed by atoms with Gasteiger partial charge in [0.25, 0.3) is 11.8 Å². The number of methoxy groups -OCH3 is 1. The summed E-state index contributed by atoms with van der Waals surface area (Å²) in [7, 11) is 1.41. The predicted molar refractivity (Wildman–Crippen MR) is 96.7 cm³/mol. The van der Waals surface area contributed by atoms with Crippen molar-refractivity contribution in [3.8, 4) is 0 Å². The Bertz CT molecular complexity index is 556. The van der Waals surface area contributed by atoms with Crippen LogP contribution in [0.4, 0.5) is 0 Å². The zero-order chi connectivity index (χ0) is 20.9. The normalized spacial score (nSPS) is 15.6. The van der Waals surface area contributed by atoms with Crippen LogP contribution in [0.5, 0.6) is 0 Å². The van der Waals surface area contributed by atoms with Gasteiger partial charge in [0, 0.05) is 45.2 Å². The smallest absolute Gasteiger partial charge is 0.305 e. The molecule has 158 valence electrons. The molecule has 0 aromatic heterocycles. The molecule has 0 saturated carbocycles. The van der Waals surface area contributed by atoms with Gasteiger partial charge in [-0.25, -0.2) is 0 Å². The van der Waals surface area contributed by atoms with Crippen molar-refractivity contribution in [1.29, 1.82) is 0 Å². The number of rotatable bonds is 14. The number of carbonyl (C=O) groups is 4. The van der Waals surface area contributed by atoms with Crippen LogP contribution in [0.1, 0.15) is 32.6 Å². The number of amides is 3. The first kappa shape index (κ1) is 23.7. The average molecular weight is 400 g/mol. The summed E-state index contributed by atoms with van der Waals surface area (Å²) in [6.45, 7) is 1.84. The standard InChI is InChI=1S/C18H28N2O8/c1-3-13(11-21)28-18(26-2)12-27-17(25)6-4-5-14(22)19-9-10-20-15(23)7-8-16(20)24/h7-8,13,18,21H,3-6,9-12H2,1-2H3,(H,19,22). The molecular formula is C18H28N2O8. The number of esters is 1. The van der Waals surface area contributed by atoms with Gasteiger partial charge >= 0.3 is 5.97 Å². The number of nitrogens with zero attached hydrogens (tertiary/aromatic N) is 1. The molecule has 2 unspecified atom stereocenters. The predicted octanol–water partition coefficient (Wildman–Crippen LogP) is -0.499. The third-order valence-electron chi connectivity index (χ3n) is 3.99. The first-order valence-electron chi connectivity index (χ1n) is 9.16. The van der Waals surface area contributed by atoms with Crippen LogP contribution in [0, 0.1) is 0 Å². The summed E-state index contributed by atoms with van der Waals surface area (Å²) in [6, 6.07) is 0. The summed E-state index contributed by atoms with van der Waals surface area (Å²) in [6.07, 6.45) is 2.25. The molecule has 2 N–H and O–H groups in total. The van der Waals surface area contributed by atoms with Crippen LogP contribution in [-0.4, -0.2) is 79.5 Å². The van der Waals surface area contributed by atoms with Gasteiger partial charge in [0.15, 0.2) is 6.29 Å². The fourth-order valence-corrected chi connectivity index (χ4v) is 2.32. The lowest BCUT2D eigenvalue weighted by molar-refractivity contribution is -0.194. The van der Waals surface area contributed by atoms with Crippen LogP contribution >= 0.6 is 0 Å². The van der Waals surface area contributed by atoms with Gasteiger partial charge in [-0.1, -0.05) is 6.92 Å². The molecule has 0 aromatic carbocycles. The number of aliphatic hydroxyl groups is 1. The monoisotopic (exact) mass is 400 g/mol. The molecule has 1 aliphatic rings. The van der Waals surface area contributed by atoms with Crippen molar-refractivity contribution < 1.29 is 38.5 Å². The Morgan fingerprint density at radius 3 is 2.46 bits per heavy atom. The molecule has 0 aromatic rings. The molecule has 10 nitrogen and oxygen atoms in total. The van der Waals surface area contributed by atoms with Gasteiger partial charge in [0.1, 0.15) is 6.61 Å². The maximum absolute atomic E-state index is 11.7. The lowest BCUT2D eigenvalue weighted by Crippen LogP contribution is -2.38. The molecule has 28 heavy (non-hydrogen) atoms. The molecule has 3 amide bonds. The molecule has 1 rings (SSSR count). The van der Waals surface area contributed by atoms with Crippen LogP contribution in [-0.2, 0) is 33.4 Å². The topological polar surface area (TPSA) is 131 Å². The summed E-state index contributed by atoms with van der Waals surface area (Å²) < 4.78 is 15.5. The van der Waals surface area contributed by atoms with E-state index in [1.807, 2.05) is 6.92 Å². The van der Waals surface area contributed by atoms with Crippen LogP contribution in [0.3, 0.4) is 0 Å². The van der Waals surface area contributed by atoms with Gasteiger partial charge in [-0.05, 0) is 12.8 Å². The summed E-state index contributed by atoms with van der Waals surface area (Å²) >= 11 is 0. The molecule has 0 spiro atoms. The molecule has 2 atom stereocenters. The van der Waals surface area contributed by atoms with E-state index in [1.54, 1.807) is 0 Å². The maximum Gasteiger partial charge on any atom is 0.305 e. The maximum atomic E-state index is 11.7. The highest BCUT2D eigenvalue weighted by Gasteiger charge is 2.22. The minimum Gasteiger partial charge on any atom is -0.460 e. The highest BCUT2D eigenvalue weighted by atomic mass is 16.7. The van der Waals surface area contributed by atoms with Crippen molar-refractivity contribution in [2.24, 2.45) is 0 Å². The molecule has 0 bridgehead atoms. The quantitative estimate of drug-likeness (QED) is 0.227. The van der Waals surface area contributed by atoms with Crippen LogP contribution in [0.25, 0.3) is 0 Å². The van der Waals surface area contributed by atoms with Gasteiger partial charge in [-0.3, -0.25) is 24.1 Å². The minimum atomic E-state index is -0.769. The lowest BCUT2D eigenvalue weighted by atomic mass is 10.2. The largest absolute Gasteiger partial charge is 0.460 e. The number of carbonyl (C=O) groups excluding carboxylic acids is 4. The lowest BCUT2D eigenvalue weighted by Gasteiger charge is -2.21. The highest BCUT2D eigenvalue weighted by molar-refractivity contribution is 6.12. The van der Waals surface area contributed by atoms with E-state index in [2.05, 4.69) is 5.32 Å². The molecule has 10 heteroatoms. The molecule has 0 radical (unpaired) electrons. The number of aliphatic hydroxyl groups excluding tert-OH is 1. The van der Waals surface area contributed by atoms with E-state index in [9.17, 15) is 19.2 Å². The Labute approximate surface area is 163 Å². The van der Waals surface area contributed by atoms with Crippen LogP contribution in [0.15, 0.2) is 12.2 Å². The Balaban J connectivity index is 2.13. The van der Waals surface area contributed by atoms with Crippen molar-refractivity contribution >= 4 is 23.7 Å². The summed E-state index contributed by atoms with van der Waals surface area (Å²) in [5.41, 5.74) is 0. The summed E-state index contributed by atoms with van der Waals surface area (Å²) in [5, 5.41) is 11.7. The van der Waals surface area contributed by atoms with E-state index in [0.717, 1.165) is 4.90 Å². The molecule has 0 saturated heterocycles. The molecular weight excluding hydrogens is 372 g/mol. The van der Waals surface area contributed by atoms with Crippen molar-refractivity contribution in [2.75, 3.05) is 33.4 Å². The van der Waals surface area contributed by atoms with Crippen molar-refractivity contribution in [2.45, 2.75) is 45.0 Å². The Morgan fingerprint density at radius 2 is 1.89 bits per heavy atom. The molecule has 1 heterocycles. The number of ether oxygens (including phenoxy) is 3. The van der Waals surface area contributed by atoms with Crippen LogP contribution in [0.2, 0.25) is 0 Å². The number of nitrogens with one attached hydrogen (secondary N) is 1. The zero-order valence-electron chi connectivity index (χ0n) is 16.2. The van der Waals surface area contributed by atoms with E-state index in [4.69, 9.17) is 19.3 Å².